The zero-order valence-corrected chi connectivity index (χ0v) is 13.0. The van der Waals surface area contributed by atoms with Gasteiger partial charge in [-0.3, -0.25) is 4.79 Å². The molecule has 0 fully saturated rings. The molecule has 1 aromatic rings. The van der Waals surface area contributed by atoms with Gasteiger partial charge in [-0.1, -0.05) is 0 Å². The van der Waals surface area contributed by atoms with Gasteiger partial charge < -0.3 is 14.6 Å². The van der Waals surface area contributed by atoms with Gasteiger partial charge in [-0.25, -0.2) is 5.43 Å². The van der Waals surface area contributed by atoms with E-state index in [4.69, 9.17) is 4.74 Å². The van der Waals surface area contributed by atoms with Gasteiger partial charge in [-0.15, -0.1) is 0 Å². The molecule has 0 aliphatic carbocycles. The van der Waals surface area contributed by atoms with Gasteiger partial charge in [0, 0.05) is 24.0 Å². The van der Waals surface area contributed by atoms with Gasteiger partial charge in [-0.05, 0) is 30.7 Å². The first-order chi connectivity index (χ1) is 9.93. The Morgan fingerprint density at radius 2 is 2.10 bits per heavy atom. The molecule has 0 spiro atoms. The van der Waals surface area contributed by atoms with Gasteiger partial charge in [0.05, 0.1) is 18.8 Å². The number of amides is 1. The molecule has 0 unspecified atom stereocenters. The van der Waals surface area contributed by atoms with Crippen molar-refractivity contribution in [3.8, 4) is 5.75 Å². The molecule has 7 heteroatoms. The van der Waals surface area contributed by atoms with Crippen LogP contribution in [0.2, 0.25) is 0 Å². The second-order valence-corrected chi connectivity index (χ2v) is 5.24. The maximum atomic E-state index is 10.8. The van der Waals surface area contributed by atoms with Gasteiger partial charge >= 0.3 is 0 Å². The maximum absolute atomic E-state index is 10.8. The number of hydrogen-bond donors (Lipinski definition) is 1. The predicted molar refractivity (Wildman–Crippen MR) is 80.2 cm³/mol. The quantitative estimate of drug-likeness (QED) is 0.586. The van der Waals surface area contributed by atoms with Crippen LogP contribution < -0.4 is 15.3 Å². The number of methoxy groups -OCH3 is 1. The van der Waals surface area contributed by atoms with Crippen LogP contribution in [-0.4, -0.2) is 30.5 Å². The Labute approximate surface area is 127 Å². The Morgan fingerprint density at radius 1 is 1.38 bits per heavy atom. The molecular weight excluding hydrogens is 292 g/mol. The van der Waals surface area contributed by atoms with Crippen molar-refractivity contribution < 1.29 is 19.4 Å². The Hall–Kier alpha value is -2.02. The first-order valence-electron chi connectivity index (χ1n) is 6.19. The molecule has 0 saturated heterocycles. The molecule has 0 aromatic heterocycles. The Balaban J connectivity index is 2.90. The summed E-state index contributed by atoms with van der Waals surface area (Å²) in [5.41, 5.74) is 4.72. The molecule has 114 valence electrons. The molecule has 1 aromatic carbocycles. The van der Waals surface area contributed by atoms with Crippen molar-refractivity contribution in [2.45, 2.75) is 19.6 Å². The molecule has 1 rings (SSSR count). The summed E-state index contributed by atoms with van der Waals surface area (Å²) in [6.45, 7) is 3.16. The fourth-order valence-electron chi connectivity index (χ4n) is 1.59. The van der Waals surface area contributed by atoms with E-state index < -0.39 is 5.97 Å². The molecule has 0 heterocycles. The van der Waals surface area contributed by atoms with Crippen LogP contribution in [0.25, 0.3) is 0 Å². The predicted octanol–water partition coefficient (Wildman–Crippen LogP) is 0.538. The van der Waals surface area contributed by atoms with Crippen molar-refractivity contribution in [1.82, 2.24) is 5.43 Å². The fourth-order valence-corrected chi connectivity index (χ4v) is 2.30. The Morgan fingerprint density at radius 3 is 2.67 bits per heavy atom. The molecule has 0 aliphatic heterocycles. The van der Waals surface area contributed by atoms with Crippen LogP contribution in [0.15, 0.2) is 23.3 Å². The summed E-state index contributed by atoms with van der Waals surface area (Å²) in [4.78, 5) is 21.3. The van der Waals surface area contributed by atoms with E-state index in [2.05, 4.69) is 10.5 Å². The van der Waals surface area contributed by atoms with Crippen LogP contribution in [-0.2, 0) is 15.3 Å². The lowest BCUT2D eigenvalue weighted by Crippen LogP contribution is -2.24. The molecule has 6 nitrogen and oxygen atoms in total. The number of carbonyl (C=O) groups excluding carboxylic acids is 2. The smallest absolute Gasteiger partial charge is 0.236 e. The number of carbonyl (C=O) groups is 2. The van der Waals surface area contributed by atoms with Gasteiger partial charge in [0.15, 0.2) is 0 Å². The molecule has 1 N–H and O–H groups in total. The van der Waals surface area contributed by atoms with Crippen molar-refractivity contribution in [3.05, 3.63) is 29.3 Å². The summed E-state index contributed by atoms with van der Waals surface area (Å²) in [5, 5.41) is 14.4. The van der Waals surface area contributed by atoms with Crippen LogP contribution in [0, 0.1) is 0 Å². The number of hydrogen-bond acceptors (Lipinski definition) is 6. The highest BCUT2D eigenvalue weighted by Gasteiger charge is 2.07. The third-order valence-corrected chi connectivity index (χ3v) is 3.51. The third-order valence-electron chi connectivity index (χ3n) is 2.56. The van der Waals surface area contributed by atoms with E-state index in [1.807, 2.05) is 12.1 Å². The summed E-state index contributed by atoms with van der Waals surface area (Å²) >= 11 is 1.23. The lowest BCUT2D eigenvalue weighted by atomic mass is 10.1. The van der Waals surface area contributed by atoms with E-state index >= 15 is 0 Å². The first kappa shape index (κ1) is 17.0. The normalized spacial score (nSPS) is 11.1. The van der Waals surface area contributed by atoms with Crippen LogP contribution >= 0.6 is 11.8 Å². The van der Waals surface area contributed by atoms with Crippen molar-refractivity contribution in [2.24, 2.45) is 5.10 Å². The van der Waals surface area contributed by atoms with Crippen molar-refractivity contribution in [1.29, 1.82) is 0 Å². The number of carboxylic acid groups (broad SMARTS) is 1. The maximum Gasteiger partial charge on any atom is 0.236 e. The SMILES string of the molecule is COc1ccc(/C(C)=N\NC(C)=O)cc1CSCC(=O)[O-]. The van der Waals surface area contributed by atoms with E-state index in [1.165, 1.54) is 18.7 Å². The lowest BCUT2D eigenvalue weighted by molar-refractivity contribution is -0.301. The summed E-state index contributed by atoms with van der Waals surface area (Å²) < 4.78 is 5.25. The summed E-state index contributed by atoms with van der Waals surface area (Å²) in [6.07, 6.45) is 0. The zero-order chi connectivity index (χ0) is 15.8. The molecule has 1 amide bonds. The second-order valence-electron chi connectivity index (χ2n) is 4.26. The minimum absolute atomic E-state index is 0.0770. The van der Waals surface area contributed by atoms with Gasteiger partial charge in [0.1, 0.15) is 5.75 Å². The number of rotatable bonds is 7. The molecule has 0 radical (unpaired) electrons. The average Bonchev–Trinajstić information content (AvgIpc) is 2.44. The van der Waals surface area contributed by atoms with Crippen LogP contribution in [0.5, 0.6) is 5.75 Å². The number of aliphatic carboxylic acids is 1. The topological polar surface area (TPSA) is 90.8 Å². The summed E-state index contributed by atoms with van der Waals surface area (Å²) in [5.74, 6) is -0.256. The third kappa shape index (κ3) is 5.86. The summed E-state index contributed by atoms with van der Waals surface area (Å²) in [7, 11) is 1.56. The average molecular weight is 309 g/mol. The van der Waals surface area contributed by atoms with E-state index in [0.29, 0.717) is 17.2 Å². The van der Waals surface area contributed by atoms with Crippen molar-refractivity contribution in [2.75, 3.05) is 12.9 Å². The van der Waals surface area contributed by atoms with Crippen molar-refractivity contribution in [3.63, 3.8) is 0 Å². The molecule has 0 atom stereocenters. The Kier molecular flexibility index (Phi) is 6.74. The lowest BCUT2D eigenvalue weighted by Gasteiger charge is -2.11. The van der Waals surface area contributed by atoms with Crippen LogP contribution in [0.1, 0.15) is 25.0 Å². The van der Waals surface area contributed by atoms with E-state index in [-0.39, 0.29) is 11.7 Å². The number of hydrazone groups is 1. The number of thioether (sulfide) groups is 1. The number of nitrogens with zero attached hydrogens (tertiary/aromatic N) is 1. The van der Waals surface area contributed by atoms with Gasteiger partial charge in [0.25, 0.3) is 0 Å². The summed E-state index contributed by atoms with van der Waals surface area (Å²) in [6, 6.07) is 5.48. The standard InChI is InChI=1S/C14H18N2O4S/c1-9(15-16-10(2)17)11-4-5-13(20-3)12(6-11)7-21-8-14(18)19/h4-6H,7-8H2,1-3H3,(H,16,17)(H,18,19)/p-1/b15-9-. The Bertz CT molecular complexity index is 558. The monoisotopic (exact) mass is 309 g/mol. The van der Waals surface area contributed by atoms with E-state index in [0.717, 1.165) is 11.1 Å². The van der Waals surface area contributed by atoms with E-state index in [1.54, 1.807) is 20.1 Å². The minimum atomic E-state index is -1.10. The molecule has 0 saturated carbocycles. The van der Waals surface area contributed by atoms with Gasteiger partial charge in [-0.2, -0.15) is 16.9 Å². The number of nitrogens with one attached hydrogen (secondary N) is 1. The fraction of sp³-hybridized carbons (Fsp3) is 0.357. The first-order valence-corrected chi connectivity index (χ1v) is 7.35. The van der Waals surface area contributed by atoms with E-state index in [9.17, 15) is 14.7 Å². The molecular formula is C14H17N2O4S-. The van der Waals surface area contributed by atoms with Crippen LogP contribution in [0.4, 0.5) is 0 Å². The van der Waals surface area contributed by atoms with Crippen LogP contribution in [0.3, 0.4) is 0 Å². The van der Waals surface area contributed by atoms with Crippen molar-refractivity contribution >= 4 is 29.4 Å². The minimum Gasteiger partial charge on any atom is -0.549 e. The second kappa shape index (κ2) is 8.31. The highest BCUT2D eigenvalue weighted by atomic mass is 32.2. The molecule has 0 aliphatic rings. The molecule has 21 heavy (non-hydrogen) atoms. The van der Waals surface area contributed by atoms with Gasteiger partial charge in [0.2, 0.25) is 5.91 Å². The zero-order valence-electron chi connectivity index (χ0n) is 12.1. The number of benzene rings is 1. The number of ether oxygens (including phenoxy) is 1. The largest absolute Gasteiger partial charge is 0.549 e. The highest BCUT2D eigenvalue weighted by molar-refractivity contribution is 7.99. The molecule has 0 bridgehead atoms. The highest BCUT2D eigenvalue weighted by Crippen LogP contribution is 2.24. The number of carboxylic acids is 1.